The van der Waals surface area contributed by atoms with Crippen molar-refractivity contribution in [2.45, 2.75) is 12.2 Å². The molecule has 0 aliphatic heterocycles. The molecule has 90 valence electrons. The highest BCUT2D eigenvalue weighted by atomic mass is 35.5. The van der Waals surface area contributed by atoms with Gasteiger partial charge in [-0.2, -0.15) is 5.26 Å². The molecule has 1 heterocycles. The van der Waals surface area contributed by atoms with Gasteiger partial charge in [0.2, 0.25) is 0 Å². The zero-order valence-electron chi connectivity index (χ0n) is 8.79. The molecule has 0 fully saturated rings. The summed E-state index contributed by atoms with van der Waals surface area (Å²) in [5.41, 5.74) is 0.0553. The Kier molecular flexibility index (Phi) is 4.40. The van der Waals surface area contributed by atoms with E-state index in [1.165, 1.54) is 25.4 Å². The third-order valence-corrected chi connectivity index (χ3v) is 2.34. The number of nitrogens with zero attached hydrogens (tertiary/aromatic N) is 2. The molecule has 0 aliphatic rings. The fourth-order valence-electron chi connectivity index (χ4n) is 1.13. The predicted octanol–water partition coefficient (Wildman–Crippen LogP) is 0.439. The van der Waals surface area contributed by atoms with Crippen molar-refractivity contribution in [3.8, 4) is 6.07 Å². The van der Waals surface area contributed by atoms with Crippen LogP contribution in [-0.4, -0.2) is 34.4 Å². The maximum atomic E-state index is 11.3. The molecule has 0 saturated carbocycles. The molecule has 0 aliphatic carbocycles. The summed E-state index contributed by atoms with van der Waals surface area (Å²) < 4.78 is 4.47. The minimum Gasteiger partial charge on any atom is -0.465 e. The molecule has 1 rings (SSSR count). The average Bonchev–Trinajstić information content (AvgIpc) is 2.36. The molecule has 2 N–H and O–H groups in total. The fourth-order valence-corrected chi connectivity index (χ4v) is 1.31. The van der Waals surface area contributed by atoms with Crippen LogP contribution < -0.4 is 0 Å². The largest absolute Gasteiger partial charge is 0.465 e. The number of ether oxygens (including phenoxy) is 1. The Morgan fingerprint density at radius 1 is 1.65 bits per heavy atom. The van der Waals surface area contributed by atoms with Crippen LogP contribution in [0, 0.1) is 11.3 Å². The topological polar surface area (TPSA) is 103 Å². The zero-order valence-corrected chi connectivity index (χ0v) is 9.55. The zero-order chi connectivity index (χ0) is 13.0. The SMILES string of the molecule is COC(=O)c1cc(C(O)C(O)C#N)cnc1Cl. The number of nitriles is 1. The molecule has 2 unspecified atom stereocenters. The lowest BCUT2D eigenvalue weighted by atomic mass is 10.1. The number of halogens is 1. The maximum Gasteiger partial charge on any atom is 0.341 e. The van der Waals surface area contributed by atoms with Gasteiger partial charge in [-0.25, -0.2) is 9.78 Å². The maximum absolute atomic E-state index is 11.3. The van der Waals surface area contributed by atoms with Crippen LogP contribution in [0.15, 0.2) is 12.3 Å². The Bertz CT molecular complexity index is 472. The van der Waals surface area contributed by atoms with Crippen LogP contribution in [-0.2, 0) is 4.74 Å². The van der Waals surface area contributed by atoms with Crippen molar-refractivity contribution < 1.29 is 19.7 Å². The van der Waals surface area contributed by atoms with Gasteiger partial charge < -0.3 is 14.9 Å². The van der Waals surface area contributed by atoms with Gasteiger partial charge in [0.25, 0.3) is 0 Å². The number of hydrogen-bond donors (Lipinski definition) is 2. The lowest BCUT2D eigenvalue weighted by Crippen LogP contribution is -2.17. The number of carbonyl (C=O) groups excluding carboxylic acids is 1. The number of hydrogen-bond acceptors (Lipinski definition) is 6. The highest BCUT2D eigenvalue weighted by Gasteiger charge is 2.21. The van der Waals surface area contributed by atoms with Crippen LogP contribution in [0.25, 0.3) is 0 Å². The molecule has 1 aromatic heterocycles. The molecule has 2 atom stereocenters. The van der Waals surface area contributed by atoms with E-state index in [2.05, 4.69) is 9.72 Å². The van der Waals surface area contributed by atoms with Crippen LogP contribution in [0.2, 0.25) is 5.15 Å². The number of pyridine rings is 1. The first kappa shape index (κ1) is 13.4. The molecule has 0 spiro atoms. The summed E-state index contributed by atoms with van der Waals surface area (Å²) in [4.78, 5) is 15.0. The Hall–Kier alpha value is -1.68. The van der Waals surface area contributed by atoms with Gasteiger partial charge in [-0.3, -0.25) is 0 Å². The normalized spacial score (nSPS) is 13.6. The van der Waals surface area contributed by atoms with Crippen LogP contribution in [0.4, 0.5) is 0 Å². The minimum absolute atomic E-state index is 0.0455. The third-order valence-electron chi connectivity index (χ3n) is 2.04. The van der Waals surface area contributed by atoms with E-state index in [9.17, 15) is 9.90 Å². The van der Waals surface area contributed by atoms with E-state index in [-0.39, 0.29) is 16.3 Å². The summed E-state index contributed by atoms with van der Waals surface area (Å²) in [6.45, 7) is 0. The van der Waals surface area contributed by atoms with Crippen molar-refractivity contribution in [1.29, 1.82) is 5.26 Å². The number of aliphatic hydroxyl groups excluding tert-OH is 2. The highest BCUT2D eigenvalue weighted by Crippen LogP contribution is 2.21. The minimum atomic E-state index is -1.61. The van der Waals surface area contributed by atoms with Crippen LogP contribution in [0.1, 0.15) is 22.0 Å². The molecule has 1 aromatic rings. The van der Waals surface area contributed by atoms with Gasteiger partial charge in [0, 0.05) is 11.8 Å². The quantitative estimate of drug-likeness (QED) is 0.462. The lowest BCUT2D eigenvalue weighted by molar-refractivity contribution is 0.0519. The Balaban J connectivity index is 3.13. The average molecular weight is 257 g/mol. The number of methoxy groups -OCH3 is 1. The van der Waals surface area contributed by atoms with E-state index < -0.39 is 18.2 Å². The van der Waals surface area contributed by atoms with Crippen molar-refractivity contribution in [3.63, 3.8) is 0 Å². The molecule has 0 amide bonds. The molecular formula is C10H9ClN2O4. The van der Waals surface area contributed by atoms with Gasteiger partial charge >= 0.3 is 5.97 Å². The van der Waals surface area contributed by atoms with Crippen LogP contribution in [0.5, 0.6) is 0 Å². The predicted molar refractivity (Wildman–Crippen MR) is 57.2 cm³/mol. The van der Waals surface area contributed by atoms with Crippen LogP contribution >= 0.6 is 11.6 Å². The van der Waals surface area contributed by atoms with E-state index in [1.54, 1.807) is 0 Å². The third kappa shape index (κ3) is 2.91. The summed E-state index contributed by atoms with van der Waals surface area (Å²) in [7, 11) is 1.17. The van der Waals surface area contributed by atoms with Gasteiger partial charge in [-0.1, -0.05) is 11.6 Å². The fraction of sp³-hybridized carbons (Fsp3) is 0.300. The van der Waals surface area contributed by atoms with Crippen molar-refractivity contribution in [1.82, 2.24) is 4.98 Å². The van der Waals surface area contributed by atoms with Crippen molar-refractivity contribution in [2.75, 3.05) is 7.11 Å². The molecule has 0 bridgehead atoms. The molecule has 6 nitrogen and oxygen atoms in total. The number of rotatable bonds is 3. The standard InChI is InChI=1S/C10H9ClN2O4/c1-17-10(16)6-2-5(4-13-9(6)11)8(15)7(14)3-12/h2,4,7-8,14-15H,1H3. The van der Waals surface area contributed by atoms with Gasteiger partial charge in [-0.05, 0) is 6.07 Å². The summed E-state index contributed by atoms with van der Waals surface area (Å²) in [6.07, 6.45) is -1.91. The van der Waals surface area contributed by atoms with Crippen LogP contribution in [0.3, 0.4) is 0 Å². The first-order chi connectivity index (χ1) is 8.01. The van der Waals surface area contributed by atoms with Crippen molar-refractivity contribution in [2.24, 2.45) is 0 Å². The molecular weight excluding hydrogens is 248 g/mol. The number of aromatic nitrogens is 1. The van der Waals surface area contributed by atoms with Crippen molar-refractivity contribution in [3.05, 3.63) is 28.5 Å². The van der Waals surface area contributed by atoms with E-state index in [1.807, 2.05) is 0 Å². The van der Waals surface area contributed by atoms with E-state index in [0.29, 0.717) is 0 Å². The van der Waals surface area contributed by atoms with Gasteiger partial charge in [0.15, 0.2) is 6.10 Å². The number of carbonyl (C=O) groups is 1. The summed E-state index contributed by atoms with van der Waals surface area (Å²) >= 11 is 5.67. The second-order valence-corrected chi connectivity index (χ2v) is 3.48. The van der Waals surface area contributed by atoms with E-state index in [4.69, 9.17) is 22.0 Å². The first-order valence-corrected chi connectivity index (χ1v) is 4.88. The number of esters is 1. The molecule has 0 radical (unpaired) electrons. The molecule has 7 heteroatoms. The monoisotopic (exact) mass is 256 g/mol. The number of aliphatic hydroxyl groups is 2. The Labute approximate surface area is 102 Å². The molecule has 0 aromatic carbocycles. The lowest BCUT2D eigenvalue weighted by Gasteiger charge is -2.12. The summed E-state index contributed by atoms with van der Waals surface area (Å²) in [6, 6.07) is 2.68. The van der Waals surface area contributed by atoms with Gasteiger partial charge in [0.1, 0.15) is 11.3 Å². The Morgan fingerprint density at radius 3 is 2.82 bits per heavy atom. The molecule has 17 heavy (non-hydrogen) atoms. The van der Waals surface area contributed by atoms with E-state index in [0.717, 1.165) is 0 Å². The first-order valence-electron chi connectivity index (χ1n) is 4.50. The van der Waals surface area contributed by atoms with Crippen molar-refractivity contribution >= 4 is 17.6 Å². The second kappa shape index (κ2) is 5.59. The summed E-state index contributed by atoms with van der Waals surface area (Å²) in [5, 5.41) is 27.1. The second-order valence-electron chi connectivity index (χ2n) is 3.12. The van der Waals surface area contributed by atoms with E-state index >= 15 is 0 Å². The highest BCUT2D eigenvalue weighted by molar-refractivity contribution is 6.32. The Morgan fingerprint density at radius 2 is 2.29 bits per heavy atom. The molecule has 0 saturated heterocycles. The van der Waals surface area contributed by atoms with Gasteiger partial charge in [0.05, 0.1) is 18.7 Å². The summed E-state index contributed by atoms with van der Waals surface area (Å²) in [5.74, 6) is -0.719. The van der Waals surface area contributed by atoms with Gasteiger partial charge in [-0.15, -0.1) is 0 Å². The smallest absolute Gasteiger partial charge is 0.341 e.